The van der Waals surface area contributed by atoms with Crippen LogP contribution in [0.4, 0.5) is 5.69 Å². The molecule has 0 saturated heterocycles. The summed E-state index contributed by atoms with van der Waals surface area (Å²) in [6.07, 6.45) is 1.13. The Kier molecular flexibility index (Phi) is 2.51. The molecule has 0 saturated carbocycles. The molecule has 1 aromatic carbocycles. The Labute approximate surface area is 97.7 Å². The van der Waals surface area contributed by atoms with Crippen LogP contribution < -0.4 is 5.32 Å². The summed E-state index contributed by atoms with van der Waals surface area (Å²) in [7, 11) is 1.42. The van der Waals surface area contributed by atoms with Gasteiger partial charge in [0.25, 0.3) is 11.8 Å². The zero-order valence-electron chi connectivity index (χ0n) is 9.19. The first-order valence-corrected chi connectivity index (χ1v) is 4.94. The summed E-state index contributed by atoms with van der Waals surface area (Å²) in [5.41, 5.74) is 1.12. The van der Waals surface area contributed by atoms with Crippen LogP contribution in [-0.2, 0) is 4.79 Å². The van der Waals surface area contributed by atoms with Crippen LogP contribution in [0.5, 0.6) is 0 Å². The van der Waals surface area contributed by atoms with Crippen LogP contribution in [0, 0.1) is 0 Å². The smallest absolute Gasteiger partial charge is 0.261 e. The lowest BCUT2D eigenvalue weighted by Crippen LogP contribution is -2.24. The Balaban J connectivity index is 2.39. The summed E-state index contributed by atoms with van der Waals surface area (Å²) in [6, 6.07) is 4.59. The summed E-state index contributed by atoms with van der Waals surface area (Å²) in [5.74, 6) is -1.05. The number of nitrogens with zero attached hydrogens (tertiary/aromatic N) is 1. The molecular weight excluding hydrogens is 220 g/mol. The number of benzene rings is 1. The van der Waals surface area contributed by atoms with Crippen LogP contribution >= 0.6 is 0 Å². The summed E-state index contributed by atoms with van der Waals surface area (Å²) in [4.78, 5) is 35.4. The van der Waals surface area contributed by atoms with Gasteiger partial charge >= 0.3 is 0 Å². The van der Waals surface area contributed by atoms with Crippen molar-refractivity contribution in [1.29, 1.82) is 0 Å². The molecule has 0 aromatic heterocycles. The minimum absolute atomic E-state index is 0.305. The van der Waals surface area contributed by atoms with Gasteiger partial charge in [0, 0.05) is 12.7 Å². The summed E-state index contributed by atoms with van der Waals surface area (Å²) >= 11 is 0. The number of rotatable bonds is 2. The van der Waals surface area contributed by atoms with Crippen molar-refractivity contribution < 1.29 is 14.4 Å². The van der Waals surface area contributed by atoms with E-state index >= 15 is 0 Å². The van der Waals surface area contributed by atoms with Gasteiger partial charge in [0.1, 0.15) is 0 Å². The third-order valence-electron chi connectivity index (χ3n) is 2.54. The van der Waals surface area contributed by atoms with E-state index in [2.05, 4.69) is 11.9 Å². The molecule has 0 spiro atoms. The molecule has 1 aromatic rings. The molecule has 0 unspecified atom stereocenters. The number of anilines is 1. The zero-order chi connectivity index (χ0) is 12.6. The van der Waals surface area contributed by atoms with Crippen molar-refractivity contribution in [3.8, 4) is 0 Å². The van der Waals surface area contributed by atoms with E-state index in [-0.39, 0.29) is 17.7 Å². The van der Waals surface area contributed by atoms with Crippen LogP contribution in [0.3, 0.4) is 0 Å². The fraction of sp³-hybridized carbons (Fsp3) is 0.0833. The molecule has 5 heteroatoms. The molecule has 17 heavy (non-hydrogen) atoms. The van der Waals surface area contributed by atoms with E-state index in [9.17, 15) is 14.4 Å². The van der Waals surface area contributed by atoms with Gasteiger partial charge in [0.05, 0.1) is 11.1 Å². The molecule has 0 aliphatic carbocycles. The molecule has 0 fully saturated rings. The number of amides is 3. The van der Waals surface area contributed by atoms with Crippen molar-refractivity contribution in [2.75, 3.05) is 12.4 Å². The Morgan fingerprint density at radius 1 is 1.29 bits per heavy atom. The van der Waals surface area contributed by atoms with E-state index in [4.69, 9.17) is 0 Å². The number of fused-ring (bicyclic) bond motifs is 1. The van der Waals surface area contributed by atoms with Crippen LogP contribution in [0.1, 0.15) is 20.7 Å². The van der Waals surface area contributed by atoms with E-state index in [1.54, 1.807) is 6.07 Å². The van der Waals surface area contributed by atoms with Crippen molar-refractivity contribution in [2.24, 2.45) is 0 Å². The maximum Gasteiger partial charge on any atom is 0.261 e. The minimum Gasteiger partial charge on any atom is -0.323 e. The van der Waals surface area contributed by atoms with Gasteiger partial charge in [-0.1, -0.05) is 6.58 Å². The highest BCUT2D eigenvalue weighted by molar-refractivity contribution is 6.21. The monoisotopic (exact) mass is 230 g/mol. The average Bonchev–Trinajstić information content (AvgIpc) is 2.54. The van der Waals surface area contributed by atoms with Crippen molar-refractivity contribution in [3.63, 3.8) is 0 Å². The number of carbonyl (C=O) groups is 3. The largest absolute Gasteiger partial charge is 0.323 e. The zero-order valence-corrected chi connectivity index (χ0v) is 9.19. The van der Waals surface area contributed by atoms with Gasteiger partial charge in [-0.15, -0.1) is 0 Å². The molecule has 3 amide bonds. The van der Waals surface area contributed by atoms with Crippen molar-refractivity contribution in [3.05, 3.63) is 42.0 Å². The van der Waals surface area contributed by atoms with E-state index in [1.807, 2.05) is 0 Å². The van der Waals surface area contributed by atoms with Crippen LogP contribution in [0.25, 0.3) is 0 Å². The number of nitrogens with one attached hydrogen (secondary N) is 1. The maximum absolute atomic E-state index is 11.7. The van der Waals surface area contributed by atoms with Crippen molar-refractivity contribution >= 4 is 23.4 Å². The van der Waals surface area contributed by atoms with Gasteiger partial charge in [-0.3, -0.25) is 19.3 Å². The topological polar surface area (TPSA) is 66.5 Å². The number of hydrogen-bond donors (Lipinski definition) is 1. The summed E-state index contributed by atoms with van der Waals surface area (Å²) < 4.78 is 0. The number of imide groups is 1. The molecule has 0 bridgehead atoms. The standard InChI is InChI=1S/C12H10N2O3/c1-3-10(15)13-7-4-5-8-9(6-7)12(17)14(2)11(8)16/h3-6H,1H2,2H3,(H,13,15). The molecule has 5 nitrogen and oxygen atoms in total. The first kappa shape index (κ1) is 11.1. The van der Waals surface area contributed by atoms with Gasteiger partial charge < -0.3 is 5.32 Å². The van der Waals surface area contributed by atoms with Crippen molar-refractivity contribution in [1.82, 2.24) is 4.90 Å². The highest BCUT2D eigenvalue weighted by Crippen LogP contribution is 2.24. The number of hydrogen-bond acceptors (Lipinski definition) is 3. The van der Waals surface area contributed by atoms with Crippen LogP contribution in [0.2, 0.25) is 0 Å². The molecule has 1 aliphatic heterocycles. The van der Waals surface area contributed by atoms with E-state index in [1.165, 1.54) is 19.2 Å². The molecule has 1 heterocycles. The van der Waals surface area contributed by atoms with Gasteiger partial charge in [-0.2, -0.15) is 0 Å². The molecule has 1 N–H and O–H groups in total. The third-order valence-corrected chi connectivity index (χ3v) is 2.54. The summed E-state index contributed by atoms with van der Waals surface area (Å²) in [6.45, 7) is 3.33. The molecule has 86 valence electrons. The molecule has 0 radical (unpaired) electrons. The van der Waals surface area contributed by atoms with Gasteiger partial charge in [-0.05, 0) is 24.3 Å². The number of carbonyl (C=O) groups excluding carboxylic acids is 3. The lowest BCUT2D eigenvalue weighted by Gasteiger charge is -2.03. The third kappa shape index (κ3) is 1.71. The molecule has 1 aliphatic rings. The summed E-state index contributed by atoms with van der Waals surface area (Å²) in [5, 5.41) is 2.53. The van der Waals surface area contributed by atoms with Crippen LogP contribution in [0.15, 0.2) is 30.9 Å². The van der Waals surface area contributed by atoms with Crippen molar-refractivity contribution in [2.45, 2.75) is 0 Å². The predicted octanol–water partition coefficient (Wildman–Crippen LogP) is 1.04. The second kappa shape index (κ2) is 3.86. The molecule has 2 rings (SSSR count). The van der Waals surface area contributed by atoms with Crippen LogP contribution in [-0.4, -0.2) is 29.7 Å². The molecular formula is C12H10N2O3. The fourth-order valence-corrected chi connectivity index (χ4v) is 1.63. The van der Waals surface area contributed by atoms with E-state index in [0.29, 0.717) is 16.8 Å². The second-order valence-corrected chi connectivity index (χ2v) is 3.62. The normalized spacial score (nSPS) is 13.6. The Morgan fingerprint density at radius 3 is 2.59 bits per heavy atom. The maximum atomic E-state index is 11.7. The quantitative estimate of drug-likeness (QED) is 0.609. The highest BCUT2D eigenvalue weighted by atomic mass is 16.2. The first-order chi connectivity index (χ1) is 8.04. The Hall–Kier alpha value is -2.43. The Morgan fingerprint density at radius 2 is 1.94 bits per heavy atom. The van der Waals surface area contributed by atoms with E-state index in [0.717, 1.165) is 11.0 Å². The minimum atomic E-state index is -0.366. The lowest BCUT2D eigenvalue weighted by atomic mass is 10.1. The first-order valence-electron chi connectivity index (χ1n) is 4.94. The Bertz CT molecular complexity index is 549. The van der Waals surface area contributed by atoms with Gasteiger partial charge in [-0.25, -0.2) is 0 Å². The lowest BCUT2D eigenvalue weighted by molar-refractivity contribution is -0.111. The fourth-order valence-electron chi connectivity index (χ4n) is 1.63. The molecule has 0 atom stereocenters. The second-order valence-electron chi connectivity index (χ2n) is 3.62. The predicted molar refractivity (Wildman–Crippen MR) is 61.7 cm³/mol. The SMILES string of the molecule is C=CC(=O)Nc1ccc2c(c1)C(=O)N(C)C2=O. The van der Waals surface area contributed by atoms with Gasteiger partial charge in [0.15, 0.2) is 0 Å². The average molecular weight is 230 g/mol. The highest BCUT2D eigenvalue weighted by Gasteiger charge is 2.32. The van der Waals surface area contributed by atoms with Gasteiger partial charge in [0.2, 0.25) is 5.91 Å². The van der Waals surface area contributed by atoms with E-state index < -0.39 is 0 Å².